The minimum atomic E-state index is -2.99. The second-order valence-corrected chi connectivity index (χ2v) is 24.9. The Bertz CT molecular complexity index is 4190. The van der Waals surface area contributed by atoms with E-state index in [9.17, 15) is 0 Å². The van der Waals surface area contributed by atoms with Crippen molar-refractivity contribution in [2.75, 3.05) is 4.90 Å². The highest BCUT2D eigenvalue weighted by atomic mass is 28.3. The molecule has 2 heteroatoms. The first-order valence-corrected chi connectivity index (χ1v) is 29.0. The summed E-state index contributed by atoms with van der Waals surface area (Å²) in [4.78, 5) is 2.57. The zero-order chi connectivity index (χ0) is 51.1. The molecule has 1 heterocycles. The molecule has 0 saturated heterocycles. The van der Waals surface area contributed by atoms with Gasteiger partial charge >= 0.3 is 0 Å². The Balaban J connectivity index is 1.01. The summed E-state index contributed by atoms with van der Waals surface area (Å²) in [5.41, 5.74) is 21.7. The van der Waals surface area contributed by atoms with Crippen LogP contribution in [0.15, 0.2) is 303 Å². The molecule has 3 aliphatic rings. The number of rotatable bonds is 9. The zero-order valence-electron chi connectivity index (χ0n) is 42.8. The van der Waals surface area contributed by atoms with Crippen molar-refractivity contribution in [2.24, 2.45) is 0 Å². The lowest BCUT2D eigenvalue weighted by molar-refractivity contribution is 0.714. The number of nitrogens with zero attached hydrogens (tertiary/aromatic N) is 1. The Hall–Kier alpha value is -9.34. The van der Waals surface area contributed by atoms with Crippen molar-refractivity contribution >= 4 is 45.9 Å². The minimum absolute atomic E-state index is 0.385. The van der Waals surface area contributed by atoms with Crippen LogP contribution < -0.4 is 25.6 Å². The monoisotopic (exact) mass is 995 g/mol. The Morgan fingerprint density at radius 2 is 0.727 bits per heavy atom. The maximum Gasteiger partial charge on any atom is 0.180 e. The van der Waals surface area contributed by atoms with Crippen LogP contribution in [-0.2, 0) is 10.8 Å². The number of hydrogen-bond acceptors (Lipinski definition) is 1. The average molecular weight is 996 g/mol. The fourth-order valence-electron chi connectivity index (χ4n) is 14.3. The van der Waals surface area contributed by atoms with Crippen LogP contribution in [0.25, 0.3) is 44.5 Å². The maximum atomic E-state index is 2.57. The Kier molecular flexibility index (Phi) is 10.3. The largest absolute Gasteiger partial charge is 0.310 e. The van der Waals surface area contributed by atoms with E-state index in [-0.39, 0.29) is 5.41 Å². The SMILES string of the molecule is CC1(c2ccccc2)c2ccccc2-c2ccc(N(c3cccc([Si]4(c5ccccc5)c5ccccc5-c5c(-c6ccccc6)cccc54)c3)c3ccc4c(c3)C(c3ccccc3)(c3ccccc3)c3ccccc3-4)cc21. The van der Waals surface area contributed by atoms with Crippen LogP contribution in [0.1, 0.15) is 45.9 Å². The fraction of sp³-hybridized carbons (Fsp3) is 0.0400. The van der Waals surface area contributed by atoms with Crippen molar-refractivity contribution in [3.8, 4) is 44.5 Å². The number of hydrogen-bond donors (Lipinski definition) is 0. The van der Waals surface area contributed by atoms with E-state index in [2.05, 4.69) is 315 Å². The molecular formula is C75H53NSi. The summed E-state index contributed by atoms with van der Waals surface area (Å²) in [6.45, 7) is 2.43. The Morgan fingerprint density at radius 3 is 1.39 bits per heavy atom. The van der Waals surface area contributed by atoms with Crippen LogP contribution in [0.2, 0.25) is 0 Å². The van der Waals surface area contributed by atoms with E-state index in [1.165, 1.54) is 104 Å². The van der Waals surface area contributed by atoms with Crippen molar-refractivity contribution in [3.63, 3.8) is 0 Å². The minimum Gasteiger partial charge on any atom is -0.310 e. The average Bonchev–Trinajstić information content (AvgIpc) is 4.26. The third kappa shape index (κ3) is 6.46. The van der Waals surface area contributed by atoms with Gasteiger partial charge in [-0.15, -0.1) is 0 Å². The molecule has 0 radical (unpaired) electrons. The van der Waals surface area contributed by atoms with E-state index in [0.717, 1.165) is 17.1 Å². The maximum absolute atomic E-state index is 2.99. The molecule has 0 spiro atoms. The zero-order valence-corrected chi connectivity index (χ0v) is 43.8. The first kappa shape index (κ1) is 45.1. The molecule has 0 saturated carbocycles. The van der Waals surface area contributed by atoms with Crippen LogP contribution in [0.3, 0.4) is 0 Å². The van der Waals surface area contributed by atoms with Crippen LogP contribution >= 0.6 is 0 Å². The Morgan fingerprint density at radius 1 is 0.286 bits per heavy atom. The van der Waals surface area contributed by atoms with Crippen molar-refractivity contribution < 1.29 is 0 Å². The third-order valence-corrected chi connectivity index (χ3v) is 22.4. The topological polar surface area (TPSA) is 3.24 Å². The summed E-state index contributed by atoms with van der Waals surface area (Å²) >= 11 is 0. The summed E-state index contributed by atoms with van der Waals surface area (Å²) in [5.74, 6) is 0. The van der Waals surface area contributed by atoms with Gasteiger partial charge in [-0.05, 0) is 148 Å². The molecule has 0 bridgehead atoms. The van der Waals surface area contributed by atoms with Gasteiger partial charge in [-0.1, -0.05) is 267 Å². The molecule has 1 nitrogen and oxygen atoms in total. The van der Waals surface area contributed by atoms with Gasteiger partial charge in [0.15, 0.2) is 8.07 Å². The van der Waals surface area contributed by atoms with Gasteiger partial charge in [-0.25, -0.2) is 0 Å². The van der Waals surface area contributed by atoms with Gasteiger partial charge in [0.2, 0.25) is 0 Å². The lowest BCUT2D eigenvalue weighted by atomic mass is 9.67. The molecule has 2 unspecified atom stereocenters. The van der Waals surface area contributed by atoms with E-state index in [4.69, 9.17) is 0 Å². The standard InChI is InChI=1S/C75H53NSi/c1-74(53-27-9-3-10-28-53)67-41-20-17-37-62(67)64-47-45-57(50-69(64)74)76(58-46-48-65-63-38-18-21-42-68(63)75(70(65)51-58,54-29-11-4-12-30-54)55-31-13-5-14-32-55)56-33-23-36-60(49-56)77(59-34-15-6-16-35-59)71-43-22-19-39-66(71)73-61(40-24-44-72(73)77)52-25-7-2-8-26-52/h2-51H,1H3. The first-order valence-electron chi connectivity index (χ1n) is 27.0. The fourth-order valence-corrected chi connectivity index (χ4v) is 19.5. The van der Waals surface area contributed by atoms with E-state index < -0.39 is 13.5 Å². The molecule has 12 aromatic rings. The smallest absolute Gasteiger partial charge is 0.180 e. The lowest BCUT2D eigenvalue weighted by Gasteiger charge is -2.35. The molecule has 77 heavy (non-hydrogen) atoms. The Labute approximate surface area is 452 Å². The molecule has 12 aromatic carbocycles. The lowest BCUT2D eigenvalue weighted by Crippen LogP contribution is -2.72. The predicted molar refractivity (Wildman–Crippen MR) is 324 cm³/mol. The molecule has 0 amide bonds. The summed E-state index contributed by atoms with van der Waals surface area (Å²) in [6.07, 6.45) is 0. The normalized spacial score (nSPS) is 16.8. The summed E-state index contributed by atoms with van der Waals surface area (Å²) in [6, 6.07) is 115. The van der Waals surface area contributed by atoms with E-state index in [1.807, 2.05) is 0 Å². The predicted octanol–water partition coefficient (Wildman–Crippen LogP) is 15.9. The molecule has 1 aliphatic heterocycles. The highest BCUT2D eigenvalue weighted by Crippen LogP contribution is 2.58. The molecule has 0 N–H and O–H groups in total. The highest BCUT2D eigenvalue weighted by Gasteiger charge is 2.50. The van der Waals surface area contributed by atoms with Gasteiger partial charge in [-0.3, -0.25) is 0 Å². The van der Waals surface area contributed by atoms with Gasteiger partial charge in [0.05, 0.1) is 5.41 Å². The number of fused-ring (bicyclic) bond motifs is 9. The van der Waals surface area contributed by atoms with E-state index in [1.54, 1.807) is 0 Å². The van der Waals surface area contributed by atoms with Crippen LogP contribution in [0.4, 0.5) is 17.1 Å². The van der Waals surface area contributed by atoms with Crippen molar-refractivity contribution in [3.05, 3.63) is 342 Å². The molecule has 2 aliphatic carbocycles. The molecule has 0 aromatic heterocycles. The quantitative estimate of drug-likeness (QED) is 0.130. The van der Waals surface area contributed by atoms with Crippen molar-refractivity contribution in [2.45, 2.75) is 17.8 Å². The van der Waals surface area contributed by atoms with Gasteiger partial charge in [0, 0.05) is 22.5 Å². The van der Waals surface area contributed by atoms with Gasteiger partial charge < -0.3 is 4.90 Å². The van der Waals surface area contributed by atoms with Crippen LogP contribution in [-0.4, -0.2) is 8.07 Å². The number of anilines is 3. The molecule has 0 fully saturated rings. The van der Waals surface area contributed by atoms with Crippen LogP contribution in [0, 0.1) is 0 Å². The van der Waals surface area contributed by atoms with Gasteiger partial charge in [-0.2, -0.15) is 0 Å². The first-order chi connectivity index (χ1) is 38.1. The van der Waals surface area contributed by atoms with Crippen molar-refractivity contribution in [1.82, 2.24) is 0 Å². The molecule has 15 rings (SSSR count). The van der Waals surface area contributed by atoms with E-state index in [0.29, 0.717) is 0 Å². The molecule has 2 atom stereocenters. The van der Waals surface area contributed by atoms with Gasteiger partial charge in [0.25, 0.3) is 0 Å². The summed E-state index contributed by atoms with van der Waals surface area (Å²) < 4.78 is 0. The van der Waals surface area contributed by atoms with E-state index >= 15 is 0 Å². The second kappa shape index (κ2) is 17.6. The highest BCUT2D eigenvalue weighted by molar-refractivity contribution is 7.22. The molecule has 362 valence electrons. The molecular weight excluding hydrogens is 943 g/mol. The summed E-state index contributed by atoms with van der Waals surface area (Å²) in [5, 5.41) is 5.57. The van der Waals surface area contributed by atoms with Gasteiger partial charge in [0.1, 0.15) is 0 Å². The number of benzene rings is 12. The summed E-state index contributed by atoms with van der Waals surface area (Å²) in [7, 11) is -2.99. The second-order valence-electron chi connectivity index (χ2n) is 21.2. The van der Waals surface area contributed by atoms with Crippen LogP contribution in [0.5, 0.6) is 0 Å². The third-order valence-electron chi connectivity index (χ3n) is 17.5. The van der Waals surface area contributed by atoms with Crippen molar-refractivity contribution in [1.29, 1.82) is 0 Å².